The molecule has 0 aromatic carbocycles. The molecule has 6 aliphatic rings. The van der Waals surface area contributed by atoms with Crippen LogP contribution in [0.1, 0.15) is 85.5 Å². The van der Waals surface area contributed by atoms with E-state index in [1.807, 2.05) is 0 Å². The fourth-order valence-corrected chi connectivity index (χ4v) is 9.58. The van der Waals surface area contributed by atoms with E-state index in [2.05, 4.69) is 33.8 Å². The molecule has 6 rings (SSSR count). The van der Waals surface area contributed by atoms with Crippen LogP contribution in [-0.2, 0) is 9.47 Å². The standard InChI is InChI=1S/C27H42O4/c1-16-7-12-26(30-15-16)17(2)27(29)23(31-26)14-22-20-6-5-18-13-19(28)8-10-24(18,3)21(20)9-11-25(22,27)4/h5,16-17,19-23,28-29H,6-15H2,1-4H3/t16?,17?,19?,20-,21+,22+,23+,24+,25+,26-,27-/m1/s1. The number of allylic oxidation sites excluding steroid dienone is 1. The molecule has 0 aromatic heterocycles. The van der Waals surface area contributed by atoms with E-state index in [9.17, 15) is 10.2 Å². The minimum absolute atomic E-state index is 0.0131. The highest BCUT2D eigenvalue weighted by Gasteiger charge is 2.76. The Morgan fingerprint density at radius 2 is 1.84 bits per heavy atom. The van der Waals surface area contributed by atoms with E-state index in [4.69, 9.17) is 9.47 Å². The molecular formula is C27H42O4. The van der Waals surface area contributed by atoms with E-state index in [1.54, 1.807) is 0 Å². The van der Waals surface area contributed by atoms with Crippen molar-refractivity contribution in [1.82, 2.24) is 0 Å². The van der Waals surface area contributed by atoms with E-state index in [0.717, 1.165) is 58.0 Å². The highest BCUT2D eigenvalue weighted by Crippen LogP contribution is 2.72. The van der Waals surface area contributed by atoms with Gasteiger partial charge >= 0.3 is 0 Å². The van der Waals surface area contributed by atoms with Crippen molar-refractivity contribution in [2.45, 2.75) is 109 Å². The molecule has 0 radical (unpaired) electrons. The maximum Gasteiger partial charge on any atom is 0.174 e. The Kier molecular flexibility index (Phi) is 4.49. The first kappa shape index (κ1) is 21.1. The second-order valence-electron chi connectivity index (χ2n) is 12.8. The Morgan fingerprint density at radius 1 is 1.03 bits per heavy atom. The summed E-state index contributed by atoms with van der Waals surface area (Å²) in [6.45, 7) is 10.1. The lowest BCUT2D eigenvalue weighted by Crippen LogP contribution is -2.59. The quantitative estimate of drug-likeness (QED) is 0.541. The topological polar surface area (TPSA) is 58.9 Å². The summed E-state index contributed by atoms with van der Waals surface area (Å²) in [7, 11) is 0. The molecule has 3 unspecified atom stereocenters. The molecular weight excluding hydrogens is 388 g/mol. The molecule has 31 heavy (non-hydrogen) atoms. The second kappa shape index (κ2) is 6.58. The Labute approximate surface area is 187 Å². The van der Waals surface area contributed by atoms with Gasteiger partial charge in [0, 0.05) is 17.8 Å². The zero-order chi connectivity index (χ0) is 21.8. The third-order valence-electron chi connectivity index (χ3n) is 11.6. The van der Waals surface area contributed by atoms with Gasteiger partial charge in [0.1, 0.15) is 5.60 Å². The summed E-state index contributed by atoms with van der Waals surface area (Å²) in [5, 5.41) is 22.7. The zero-order valence-corrected chi connectivity index (χ0v) is 19.9. The average molecular weight is 431 g/mol. The van der Waals surface area contributed by atoms with Crippen LogP contribution in [0.4, 0.5) is 0 Å². The lowest BCUT2D eigenvalue weighted by molar-refractivity contribution is -0.274. The first-order valence-electron chi connectivity index (χ1n) is 13.1. The highest BCUT2D eigenvalue weighted by molar-refractivity contribution is 5.28. The predicted molar refractivity (Wildman–Crippen MR) is 119 cm³/mol. The van der Waals surface area contributed by atoms with E-state index < -0.39 is 11.4 Å². The monoisotopic (exact) mass is 430 g/mol. The van der Waals surface area contributed by atoms with Crippen molar-refractivity contribution in [2.24, 2.45) is 40.4 Å². The zero-order valence-electron chi connectivity index (χ0n) is 19.9. The molecule has 3 saturated carbocycles. The summed E-state index contributed by atoms with van der Waals surface area (Å²) in [5.74, 6) is 1.81. The molecule has 174 valence electrons. The number of hydrogen-bond donors (Lipinski definition) is 2. The number of aliphatic hydroxyl groups is 2. The van der Waals surface area contributed by atoms with Gasteiger partial charge in [0.25, 0.3) is 0 Å². The van der Waals surface area contributed by atoms with Gasteiger partial charge in [-0.2, -0.15) is 0 Å². The third kappa shape index (κ3) is 2.52. The van der Waals surface area contributed by atoms with Crippen LogP contribution < -0.4 is 0 Å². The lowest BCUT2D eigenvalue weighted by atomic mass is 9.46. The minimum Gasteiger partial charge on any atom is -0.393 e. The predicted octanol–water partition coefficient (Wildman–Crippen LogP) is 4.83. The minimum atomic E-state index is -0.795. The van der Waals surface area contributed by atoms with Crippen molar-refractivity contribution in [2.75, 3.05) is 6.61 Å². The maximum absolute atomic E-state index is 12.4. The van der Waals surface area contributed by atoms with Crippen molar-refractivity contribution in [3.63, 3.8) is 0 Å². The van der Waals surface area contributed by atoms with Gasteiger partial charge in [0.15, 0.2) is 5.79 Å². The third-order valence-corrected chi connectivity index (χ3v) is 11.6. The van der Waals surface area contributed by atoms with Crippen LogP contribution in [0.25, 0.3) is 0 Å². The smallest absolute Gasteiger partial charge is 0.174 e. The molecule has 11 atom stereocenters. The molecule has 4 nitrogen and oxygen atoms in total. The molecule has 4 aliphatic carbocycles. The number of ether oxygens (including phenoxy) is 2. The van der Waals surface area contributed by atoms with Gasteiger partial charge in [0.05, 0.1) is 18.8 Å². The molecule has 5 fully saturated rings. The summed E-state index contributed by atoms with van der Waals surface area (Å²) in [5.41, 5.74) is 0.849. The van der Waals surface area contributed by atoms with E-state index in [-0.39, 0.29) is 29.0 Å². The van der Waals surface area contributed by atoms with Crippen LogP contribution in [0.15, 0.2) is 11.6 Å². The van der Waals surface area contributed by atoms with Crippen LogP contribution in [0.2, 0.25) is 0 Å². The molecule has 4 heteroatoms. The summed E-state index contributed by atoms with van der Waals surface area (Å²) < 4.78 is 13.1. The molecule has 2 N–H and O–H groups in total. The van der Waals surface area contributed by atoms with Gasteiger partial charge in [-0.15, -0.1) is 0 Å². The van der Waals surface area contributed by atoms with Gasteiger partial charge in [-0.1, -0.05) is 39.3 Å². The number of fused-ring (bicyclic) bond motifs is 7. The number of aliphatic hydroxyl groups excluding tert-OH is 1. The number of hydrogen-bond acceptors (Lipinski definition) is 4. The fraction of sp³-hybridized carbons (Fsp3) is 0.926. The van der Waals surface area contributed by atoms with E-state index in [1.165, 1.54) is 12.0 Å². The van der Waals surface area contributed by atoms with Gasteiger partial charge in [-0.3, -0.25) is 0 Å². The first-order chi connectivity index (χ1) is 14.6. The van der Waals surface area contributed by atoms with Crippen LogP contribution >= 0.6 is 0 Å². The maximum atomic E-state index is 12.4. The summed E-state index contributed by atoms with van der Waals surface area (Å²) in [6.07, 6.45) is 11.5. The fourth-order valence-electron chi connectivity index (χ4n) is 9.58. The van der Waals surface area contributed by atoms with Gasteiger partial charge in [0.2, 0.25) is 0 Å². The van der Waals surface area contributed by atoms with Crippen molar-refractivity contribution in [3.8, 4) is 0 Å². The van der Waals surface area contributed by atoms with Gasteiger partial charge in [-0.25, -0.2) is 0 Å². The molecule has 2 heterocycles. The van der Waals surface area contributed by atoms with Crippen LogP contribution in [0, 0.1) is 40.4 Å². The van der Waals surface area contributed by atoms with E-state index in [0.29, 0.717) is 23.7 Å². The SMILES string of the molecule is CC1CC[C@@]2(OC1)O[C@H]1C[C@H]3[C@@H]4CC=C5CC(O)CC[C@]5(C)[C@H]4CC[C@]3(C)[C@@]1(O)C2C. The van der Waals surface area contributed by atoms with Crippen LogP contribution in [0.5, 0.6) is 0 Å². The molecule has 0 bridgehead atoms. The van der Waals surface area contributed by atoms with Crippen molar-refractivity contribution in [3.05, 3.63) is 11.6 Å². The Balaban J connectivity index is 1.32. The lowest BCUT2D eigenvalue weighted by Gasteiger charge is -2.59. The van der Waals surface area contributed by atoms with E-state index >= 15 is 0 Å². The largest absolute Gasteiger partial charge is 0.393 e. The molecule has 2 aliphatic heterocycles. The highest BCUT2D eigenvalue weighted by atomic mass is 16.7. The molecule has 0 aromatic rings. The normalized spacial score (nSPS) is 60.7. The molecule has 2 saturated heterocycles. The van der Waals surface area contributed by atoms with Gasteiger partial charge < -0.3 is 19.7 Å². The Bertz CT molecular complexity index is 784. The average Bonchev–Trinajstić information content (AvgIpc) is 3.09. The van der Waals surface area contributed by atoms with Crippen LogP contribution in [0.3, 0.4) is 0 Å². The summed E-state index contributed by atoms with van der Waals surface area (Å²) in [6, 6.07) is 0. The van der Waals surface area contributed by atoms with Crippen molar-refractivity contribution in [1.29, 1.82) is 0 Å². The Morgan fingerprint density at radius 3 is 2.58 bits per heavy atom. The molecule has 0 amide bonds. The first-order valence-corrected chi connectivity index (χ1v) is 13.1. The van der Waals surface area contributed by atoms with Crippen molar-refractivity contribution < 1.29 is 19.7 Å². The van der Waals surface area contributed by atoms with Gasteiger partial charge in [-0.05, 0) is 80.5 Å². The summed E-state index contributed by atoms with van der Waals surface area (Å²) in [4.78, 5) is 0. The summed E-state index contributed by atoms with van der Waals surface area (Å²) >= 11 is 0. The second-order valence-corrected chi connectivity index (χ2v) is 12.8. The Hall–Kier alpha value is -0.420. The number of rotatable bonds is 0. The molecule has 1 spiro atoms. The van der Waals surface area contributed by atoms with Crippen LogP contribution in [-0.4, -0.2) is 40.4 Å². The van der Waals surface area contributed by atoms with Crippen molar-refractivity contribution >= 4 is 0 Å².